The van der Waals surface area contributed by atoms with Crippen LogP contribution in [0.4, 0.5) is 11.4 Å². The molecule has 0 unspecified atom stereocenters. The van der Waals surface area contributed by atoms with Gasteiger partial charge in [-0.15, -0.1) is 0 Å². The maximum atomic E-state index is 14.1. The fourth-order valence-corrected chi connectivity index (χ4v) is 7.05. The molecule has 4 aliphatic rings. The first-order valence-corrected chi connectivity index (χ1v) is 14.1. The van der Waals surface area contributed by atoms with Crippen LogP contribution in [0.3, 0.4) is 0 Å². The van der Waals surface area contributed by atoms with Gasteiger partial charge >= 0.3 is 5.97 Å². The highest BCUT2D eigenvalue weighted by Crippen LogP contribution is 2.61. The number of hydrogen-bond acceptors (Lipinski definition) is 5. The molecule has 2 atom stereocenters. The van der Waals surface area contributed by atoms with E-state index in [0.717, 1.165) is 32.7 Å². The topological polar surface area (TPSA) is 92.8 Å². The Hall–Kier alpha value is -4.75. The Balaban J connectivity index is 1.17. The molecule has 7 nitrogen and oxygen atoms in total. The monoisotopic (exact) mass is 576 g/mol. The summed E-state index contributed by atoms with van der Waals surface area (Å²) in [6.45, 7) is 1.26. The molecule has 1 heterocycles. The first-order chi connectivity index (χ1) is 20.3. The summed E-state index contributed by atoms with van der Waals surface area (Å²) < 4.78 is 5.34. The zero-order valence-electron chi connectivity index (χ0n) is 22.5. The molecule has 3 aliphatic carbocycles. The van der Waals surface area contributed by atoms with E-state index in [0.29, 0.717) is 10.7 Å². The molecule has 0 saturated carbocycles. The summed E-state index contributed by atoms with van der Waals surface area (Å²) in [4.78, 5) is 55.3. The van der Waals surface area contributed by atoms with Gasteiger partial charge in [0.05, 0.1) is 23.1 Å². The lowest BCUT2D eigenvalue weighted by molar-refractivity contribution is -0.122. The third kappa shape index (κ3) is 3.96. The van der Waals surface area contributed by atoms with Crippen molar-refractivity contribution in [2.75, 3.05) is 16.8 Å². The molecule has 8 rings (SSSR count). The Morgan fingerprint density at radius 1 is 0.786 bits per heavy atom. The molecule has 3 amide bonds. The number of hydrogen-bond donors (Lipinski definition) is 1. The molecular weight excluding hydrogens is 552 g/mol. The number of nitrogens with one attached hydrogen (secondary N) is 1. The van der Waals surface area contributed by atoms with Gasteiger partial charge in [0.25, 0.3) is 5.91 Å². The number of nitrogens with zero attached hydrogens (tertiary/aromatic N) is 1. The molecule has 0 aromatic heterocycles. The van der Waals surface area contributed by atoms with Gasteiger partial charge < -0.3 is 10.1 Å². The highest BCUT2D eigenvalue weighted by Gasteiger charge is 2.62. The summed E-state index contributed by atoms with van der Waals surface area (Å²) in [6.07, 6.45) is 0. The van der Waals surface area contributed by atoms with Crippen molar-refractivity contribution < 1.29 is 23.9 Å². The second kappa shape index (κ2) is 9.96. The number of anilines is 2. The smallest absolute Gasteiger partial charge is 0.340 e. The second-order valence-electron chi connectivity index (χ2n) is 10.9. The number of carbonyl (C=O) groups is 4. The van der Waals surface area contributed by atoms with E-state index in [2.05, 4.69) is 5.32 Å². The van der Waals surface area contributed by atoms with Crippen molar-refractivity contribution in [2.45, 2.75) is 18.8 Å². The zero-order chi connectivity index (χ0) is 29.1. The summed E-state index contributed by atoms with van der Waals surface area (Å²) in [5.41, 5.74) is 5.78. The first kappa shape index (κ1) is 26.2. The van der Waals surface area contributed by atoms with Crippen LogP contribution < -0.4 is 10.2 Å². The molecule has 1 N–H and O–H groups in total. The highest BCUT2D eigenvalue weighted by atomic mass is 35.5. The van der Waals surface area contributed by atoms with E-state index in [1.165, 1.54) is 6.07 Å². The van der Waals surface area contributed by atoms with Crippen LogP contribution in [0.15, 0.2) is 91.0 Å². The third-order valence-corrected chi connectivity index (χ3v) is 8.86. The lowest BCUT2D eigenvalue weighted by atomic mass is 9.55. The summed E-state index contributed by atoms with van der Waals surface area (Å²) in [6, 6.07) is 27.5. The predicted octanol–water partition coefficient (Wildman–Crippen LogP) is 5.84. The van der Waals surface area contributed by atoms with Crippen LogP contribution in [0.2, 0.25) is 5.02 Å². The first-order valence-electron chi connectivity index (χ1n) is 13.7. The van der Waals surface area contributed by atoms with E-state index in [-0.39, 0.29) is 34.9 Å². The molecule has 0 radical (unpaired) electrons. The number of rotatable bonds is 5. The summed E-state index contributed by atoms with van der Waals surface area (Å²) in [5.74, 6) is -3.70. The van der Waals surface area contributed by atoms with Gasteiger partial charge in [0, 0.05) is 22.5 Å². The van der Waals surface area contributed by atoms with Crippen molar-refractivity contribution in [2.24, 2.45) is 11.8 Å². The van der Waals surface area contributed by atoms with E-state index in [9.17, 15) is 19.2 Å². The van der Waals surface area contributed by atoms with Crippen molar-refractivity contribution in [3.05, 3.63) is 129 Å². The number of esters is 1. The van der Waals surface area contributed by atoms with E-state index in [1.54, 1.807) is 36.4 Å². The van der Waals surface area contributed by atoms with Gasteiger partial charge in [-0.05, 0) is 59.0 Å². The van der Waals surface area contributed by atoms with E-state index in [1.807, 2.05) is 55.5 Å². The second-order valence-corrected chi connectivity index (χ2v) is 11.3. The van der Waals surface area contributed by atoms with Crippen molar-refractivity contribution in [1.82, 2.24) is 0 Å². The lowest BCUT2D eigenvalue weighted by Crippen LogP contribution is -2.41. The van der Waals surface area contributed by atoms with Crippen molar-refractivity contribution >= 4 is 46.7 Å². The highest BCUT2D eigenvalue weighted by molar-refractivity contribution is 6.31. The average Bonchev–Trinajstić information content (AvgIpc) is 3.27. The molecule has 4 aromatic carbocycles. The molecule has 8 heteroatoms. The summed E-state index contributed by atoms with van der Waals surface area (Å²) in [7, 11) is 0. The summed E-state index contributed by atoms with van der Waals surface area (Å²) >= 11 is 6.03. The number of imide groups is 1. The molecule has 1 saturated heterocycles. The Morgan fingerprint density at radius 2 is 1.31 bits per heavy atom. The van der Waals surface area contributed by atoms with Gasteiger partial charge in [0.2, 0.25) is 11.8 Å². The molecule has 0 spiro atoms. The molecule has 2 bridgehead atoms. The minimum atomic E-state index is -0.811. The Kier molecular flexibility index (Phi) is 6.21. The number of benzene rings is 4. The van der Waals surface area contributed by atoms with Gasteiger partial charge in [-0.25, -0.2) is 9.69 Å². The Bertz CT molecular complexity index is 1700. The lowest BCUT2D eigenvalue weighted by Gasteiger charge is -2.45. The van der Waals surface area contributed by atoms with Crippen LogP contribution in [0.1, 0.15) is 50.0 Å². The van der Waals surface area contributed by atoms with Gasteiger partial charge in [-0.3, -0.25) is 14.4 Å². The SMILES string of the molecule is Cc1ccc(Cl)cc1NC(=O)COC(=O)c1ccccc1N1C(=O)[C@H]2C3c4ccccc4C(c4ccccc43)[C@@H]2C1=O. The Labute approximate surface area is 247 Å². The number of amides is 3. The quantitative estimate of drug-likeness (QED) is 0.238. The van der Waals surface area contributed by atoms with Crippen LogP contribution in [0, 0.1) is 18.8 Å². The van der Waals surface area contributed by atoms with Crippen LogP contribution >= 0.6 is 11.6 Å². The van der Waals surface area contributed by atoms with Crippen molar-refractivity contribution in [1.29, 1.82) is 0 Å². The van der Waals surface area contributed by atoms with Gasteiger partial charge in [-0.1, -0.05) is 78.3 Å². The maximum Gasteiger partial charge on any atom is 0.340 e. The minimum absolute atomic E-state index is 0.0342. The number of para-hydroxylation sites is 1. The van der Waals surface area contributed by atoms with Crippen LogP contribution in [0.25, 0.3) is 0 Å². The summed E-state index contributed by atoms with van der Waals surface area (Å²) in [5, 5.41) is 3.15. The predicted molar refractivity (Wildman–Crippen MR) is 158 cm³/mol. The number of carbonyl (C=O) groups excluding carboxylic acids is 4. The van der Waals surface area contributed by atoms with E-state index < -0.39 is 30.3 Å². The zero-order valence-corrected chi connectivity index (χ0v) is 23.3. The van der Waals surface area contributed by atoms with Crippen molar-refractivity contribution in [3.63, 3.8) is 0 Å². The molecular formula is C34H25ClN2O5. The molecule has 1 fully saturated rings. The minimum Gasteiger partial charge on any atom is -0.452 e. The maximum absolute atomic E-state index is 14.1. The third-order valence-electron chi connectivity index (χ3n) is 8.62. The molecule has 4 aromatic rings. The number of ether oxygens (including phenoxy) is 1. The van der Waals surface area contributed by atoms with Crippen LogP contribution in [0.5, 0.6) is 0 Å². The molecule has 1 aliphatic heterocycles. The number of halogens is 1. The fourth-order valence-electron chi connectivity index (χ4n) is 6.88. The van der Waals surface area contributed by atoms with Gasteiger partial charge in [0.15, 0.2) is 6.61 Å². The van der Waals surface area contributed by atoms with Crippen LogP contribution in [-0.4, -0.2) is 30.3 Å². The molecule has 42 heavy (non-hydrogen) atoms. The standard InChI is InChI=1S/C34H25ClN2O5/c1-18-14-15-19(35)16-25(18)36-27(38)17-42-34(41)24-12-6-7-13-26(24)37-32(39)30-28-20-8-2-3-9-21(20)29(31(30)33(37)40)23-11-5-4-10-22(23)28/h2-16,28-31H,17H2,1H3,(H,36,38)/t28?,29?,30-,31-/m0/s1. The van der Waals surface area contributed by atoms with Crippen molar-refractivity contribution in [3.8, 4) is 0 Å². The average molecular weight is 577 g/mol. The van der Waals surface area contributed by atoms with Gasteiger partial charge in [0.1, 0.15) is 0 Å². The fraction of sp³-hybridized carbons (Fsp3) is 0.176. The normalized spacial score (nSPS) is 21.4. The van der Waals surface area contributed by atoms with E-state index >= 15 is 0 Å². The van der Waals surface area contributed by atoms with E-state index in [4.69, 9.17) is 16.3 Å². The number of aryl methyl sites for hydroxylation is 1. The largest absolute Gasteiger partial charge is 0.452 e. The molecule has 208 valence electrons. The Morgan fingerprint density at radius 3 is 1.88 bits per heavy atom. The van der Waals surface area contributed by atoms with Crippen LogP contribution in [-0.2, 0) is 19.1 Å². The van der Waals surface area contributed by atoms with Gasteiger partial charge in [-0.2, -0.15) is 0 Å².